The summed E-state index contributed by atoms with van der Waals surface area (Å²) in [5, 5.41) is 6.58. The normalized spacial score (nSPS) is 16.4. The highest BCUT2D eigenvalue weighted by atomic mass is 32.1. The van der Waals surface area contributed by atoms with E-state index in [1.807, 2.05) is 12.3 Å². The second-order valence-corrected chi connectivity index (χ2v) is 7.10. The van der Waals surface area contributed by atoms with Crippen molar-refractivity contribution in [2.75, 3.05) is 6.54 Å². The van der Waals surface area contributed by atoms with Crippen molar-refractivity contribution in [1.82, 2.24) is 15.2 Å². The van der Waals surface area contributed by atoms with Gasteiger partial charge in [-0.25, -0.2) is 4.98 Å². The van der Waals surface area contributed by atoms with E-state index in [1.165, 1.54) is 4.90 Å². The first-order valence-corrected chi connectivity index (χ1v) is 8.98. The van der Waals surface area contributed by atoms with E-state index in [1.54, 1.807) is 35.6 Å². The molecule has 1 aromatic heterocycles. The monoisotopic (exact) mass is 343 g/mol. The summed E-state index contributed by atoms with van der Waals surface area (Å²) in [4.78, 5) is 30.5. The Bertz CT molecular complexity index is 736. The zero-order valence-corrected chi connectivity index (χ0v) is 14.9. The Hall–Kier alpha value is -2.05. The van der Waals surface area contributed by atoms with E-state index < -0.39 is 0 Å². The van der Waals surface area contributed by atoms with Gasteiger partial charge in [-0.2, -0.15) is 0 Å². The fourth-order valence-corrected chi connectivity index (χ4v) is 3.73. The first kappa shape index (κ1) is 16.8. The van der Waals surface area contributed by atoms with Crippen LogP contribution in [0.5, 0.6) is 0 Å². The predicted molar refractivity (Wildman–Crippen MR) is 94.3 cm³/mol. The average Bonchev–Trinajstić information content (AvgIpc) is 3.10. The van der Waals surface area contributed by atoms with Crippen molar-refractivity contribution < 1.29 is 9.59 Å². The van der Waals surface area contributed by atoms with Crippen LogP contribution >= 0.6 is 11.3 Å². The van der Waals surface area contributed by atoms with Crippen LogP contribution in [0.3, 0.4) is 0 Å². The molecule has 3 rings (SSSR count). The van der Waals surface area contributed by atoms with Gasteiger partial charge in [-0.05, 0) is 39.3 Å². The van der Waals surface area contributed by atoms with Crippen LogP contribution in [0.2, 0.25) is 0 Å². The number of hydrogen-bond acceptors (Lipinski definition) is 5. The van der Waals surface area contributed by atoms with Gasteiger partial charge in [0.2, 0.25) is 0 Å². The number of nitrogens with zero attached hydrogens (tertiary/aromatic N) is 2. The third kappa shape index (κ3) is 3.25. The average molecular weight is 343 g/mol. The molecule has 0 saturated heterocycles. The Kier molecular flexibility index (Phi) is 4.78. The van der Waals surface area contributed by atoms with Crippen molar-refractivity contribution in [3.63, 3.8) is 0 Å². The van der Waals surface area contributed by atoms with Crippen LogP contribution in [0, 0.1) is 6.92 Å². The molecule has 5 nitrogen and oxygen atoms in total. The number of carbonyl (C=O) groups is 2. The molecule has 126 valence electrons. The van der Waals surface area contributed by atoms with E-state index in [4.69, 9.17) is 0 Å². The molecule has 0 radical (unpaired) electrons. The smallest absolute Gasteiger partial charge is 0.261 e. The Labute approximate surface area is 145 Å². The highest BCUT2D eigenvalue weighted by molar-refractivity contribution is 7.09. The quantitative estimate of drug-likeness (QED) is 0.818. The lowest BCUT2D eigenvalue weighted by molar-refractivity contribution is 0.0649. The number of amides is 2. The molecule has 24 heavy (non-hydrogen) atoms. The van der Waals surface area contributed by atoms with Gasteiger partial charge in [0, 0.05) is 23.7 Å². The Morgan fingerprint density at radius 1 is 1.17 bits per heavy atom. The number of benzene rings is 1. The summed E-state index contributed by atoms with van der Waals surface area (Å²) in [6.07, 6.45) is 0.708. The maximum absolute atomic E-state index is 12.3. The van der Waals surface area contributed by atoms with Crippen molar-refractivity contribution in [3.8, 4) is 0 Å². The third-order valence-corrected chi connectivity index (χ3v) is 5.35. The van der Waals surface area contributed by atoms with Gasteiger partial charge in [0.05, 0.1) is 17.2 Å². The molecule has 0 spiro atoms. The predicted octanol–water partition coefficient (Wildman–Crippen LogP) is 3.18. The second-order valence-electron chi connectivity index (χ2n) is 6.21. The SMILES string of the molecule is Cc1csc(C(C)NC(C)CCN2C(=O)c3ccccc3C2=O)n1. The summed E-state index contributed by atoms with van der Waals surface area (Å²) in [6, 6.07) is 7.33. The summed E-state index contributed by atoms with van der Waals surface area (Å²) >= 11 is 1.64. The van der Waals surface area contributed by atoms with Crippen molar-refractivity contribution in [2.24, 2.45) is 0 Å². The van der Waals surface area contributed by atoms with Gasteiger partial charge in [-0.15, -0.1) is 11.3 Å². The van der Waals surface area contributed by atoms with Gasteiger partial charge < -0.3 is 5.32 Å². The lowest BCUT2D eigenvalue weighted by Gasteiger charge is -2.21. The number of rotatable bonds is 6. The van der Waals surface area contributed by atoms with Crippen LogP contribution < -0.4 is 5.32 Å². The number of aromatic nitrogens is 1. The van der Waals surface area contributed by atoms with E-state index in [0.29, 0.717) is 24.1 Å². The molecule has 2 unspecified atom stereocenters. The minimum atomic E-state index is -0.189. The summed E-state index contributed by atoms with van der Waals surface area (Å²) in [6.45, 7) is 6.55. The number of imide groups is 1. The Balaban J connectivity index is 1.56. The highest BCUT2D eigenvalue weighted by Gasteiger charge is 2.34. The number of nitrogens with one attached hydrogen (secondary N) is 1. The van der Waals surface area contributed by atoms with Gasteiger partial charge in [0.1, 0.15) is 5.01 Å². The lowest BCUT2D eigenvalue weighted by Crippen LogP contribution is -2.36. The molecule has 2 amide bonds. The maximum Gasteiger partial charge on any atom is 0.261 e. The van der Waals surface area contributed by atoms with Crippen molar-refractivity contribution >= 4 is 23.2 Å². The van der Waals surface area contributed by atoms with Crippen LogP contribution in [0.1, 0.15) is 57.7 Å². The molecular weight excluding hydrogens is 322 g/mol. The fraction of sp³-hybridized carbons (Fsp3) is 0.389. The summed E-state index contributed by atoms with van der Waals surface area (Å²) in [5.41, 5.74) is 2.05. The largest absolute Gasteiger partial charge is 0.306 e. The zero-order valence-electron chi connectivity index (χ0n) is 14.1. The number of carbonyl (C=O) groups excluding carboxylic acids is 2. The first-order chi connectivity index (χ1) is 11.5. The second kappa shape index (κ2) is 6.83. The van der Waals surface area contributed by atoms with E-state index in [9.17, 15) is 9.59 Å². The van der Waals surface area contributed by atoms with E-state index >= 15 is 0 Å². The van der Waals surface area contributed by atoms with Crippen LogP contribution in [-0.2, 0) is 0 Å². The molecule has 2 heterocycles. The standard InChI is InChI=1S/C18H21N3O2S/c1-11(19-13(3)16-20-12(2)10-24-16)8-9-21-17(22)14-6-4-5-7-15(14)18(21)23/h4-7,10-11,13,19H,8-9H2,1-3H3. The lowest BCUT2D eigenvalue weighted by atomic mass is 10.1. The molecule has 1 N–H and O–H groups in total. The number of hydrogen-bond donors (Lipinski definition) is 1. The highest BCUT2D eigenvalue weighted by Crippen LogP contribution is 2.23. The van der Waals surface area contributed by atoms with Crippen molar-refractivity contribution in [2.45, 2.75) is 39.3 Å². The molecule has 1 aliphatic rings. The molecule has 0 saturated carbocycles. The van der Waals surface area contributed by atoms with Crippen LogP contribution in [0.15, 0.2) is 29.6 Å². The Morgan fingerprint density at radius 2 is 1.79 bits per heavy atom. The van der Waals surface area contributed by atoms with Gasteiger partial charge >= 0.3 is 0 Å². The topological polar surface area (TPSA) is 62.3 Å². The van der Waals surface area contributed by atoms with Gasteiger partial charge in [0.15, 0.2) is 0 Å². The van der Waals surface area contributed by atoms with Gasteiger partial charge in [-0.3, -0.25) is 14.5 Å². The van der Waals surface area contributed by atoms with Gasteiger partial charge in [-0.1, -0.05) is 12.1 Å². The van der Waals surface area contributed by atoms with Crippen molar-refractivity contribution in [3.05, 3.63) is 51.5 Å². The molecule has 1 aromatic carbocycles. The molecule has 0 bridgehead atoms. The van der Waals surface area contributed by atoms with Crippen LogP contribution in [-0.4, -0.2) is 34.3 Å². The first-order valence-electron chi connectivity index (χ1n) is 8.10. The Morgan fingerprint density at radius 3 is 2.33 bits per heavy atom. The van der Waals surface area contributed by atoms with E-state index in [0.717, 1.165) is 10.7 Å². The molecular formula is C18H21N3O2S. The molecule has 2 atom stereocenters. The van der Waals surface area contributed by atoms with E-state index in [-0.39, 0.29) is 23.9 Å². The molecule has 0 aliphatic carbocycles. The van der Waals surface area contributed by atoms with Crippen molar-refractivity contribution in [1.29, 1.82) is 0 Å². The van der Waals surface area contributed by atoms with E-state index in [2.05, 4.69) is 24.1 Å². The van der Waals surface area contributed by atoms with Crippen LogP contribution in [0.25, 0.3) is 0 Å². The molecule has 1 aliphatic heterocycles. The van der Waals surface area contributed by atoms with Crippen LogP contribution in [0.4, 0.5) is 0 Å². The molecule has 0 fully saturated rings. The minimum absolute atomic E-state index is 0.154. The summed E-state index contributed by atoms with van der Waals surface area (Å²) in [7, 11) is 0. The third-order valence-electron chi connectivity index (χ3n) is 4.21. The molecule has 2 aromatic rings. The number of fused-ring (bicyclic) bond motifs is 1. The maximum atomic E-state index is 12.3. The number of aryl methyl sites for hydroxylation is 1. The zero-order chi connectivity index (χ0) is 17.3. The summed E-state index contributed by atoms with van der Waals surface area (Å²) < 4.78 is 0. The number of thiazole rings is 1. The fourth-order valence-electron chi connectivity index (χ4n) is 2.92. The molecule has 6 heteroatoms. The summed E-state index contributed by atoms with van der Waals surface area (Å²) in [5.74, 6) is -0.377. The van der Waals surface area contributed by atoms with Gasteiger partial charge in [0.25, 0.3) is 11.8 Å². The minimum Gasteiger partial charge on any atom is -0.306 e.